The zero-order valence-corrected chi connectivity index (χ0v) is 20.0. The topological polar surface area (TPSA) is 97.9 Å². The highest BCUT2D eigenvalue weighted by atomic mass is 16.5. The maximum absolute atomic E-state index is 13.8. The summed E-state index contributed by atoms with van der Waals surface area (Å²) in [6, 6.07) is 11.8. The molecule has 1 fully saturated rings. The van der Waals surface area contributed by atoms with E-state index >= 15 is 0 Å². The summed E-state index contributed by atoms with van der Waals surface area (Å²) in [5.74, 6) is 0.639. The zero-order chi connectivity index (χ0) is 24.7. The van der Waals surface area contributed by atoms with Crippen molar-refractivity contribution < 1.29 is 19.4 Å². The summed E-state index contributed by atoms with van der Waals surface area (Å²) in [5, 5.41) is 14.4. The number of nitrogens with zero attached hydrogens (tertiary/aromatic N) is 2. The number of phenols is 1. The molecule has 2 aliphatic rings. The van der Waals surface area contributed by atoms with Gasteiger partial charge in [0.05, 0.1) is 7.11 Å². The van der Waals surface area contributed by atoms with E-state index in [9.17, 15) is 14.7 Å². The third-order valence-electron chi connectivity index (χ3n) is 7.08. The van der Waals surface area contributed by atoms with Gasteiger partial charge in [-0.25, -0.2) is 4.79 Å². The number of urea groups is 1. The van der Waals surface area contributed by atoms with Crippen molar-refractivity contribution in [1.29, 1.82) is 0 Å². The molecule has 8 heteroatoms. The summed E-state index contributed by atoms with van der Waals surface area (Å²) in [6.45, 7) is 7.23. The lowest BCUT2D eigenvalue weighted by molar-refractivity contribution is -0.133. The van der Waals surface area contributed by atoms with Crippen LogP contribution < -0.4 is 10.1 Å². The molecule has 35 heavy (non-hydrogen) atoms. The molecule has 3 aromatic rings. The molecule has 0 aliphatic carbocycles. The standard InChI is InChI=1S/C27H30N4O4/c1-4-11-28-12-6-13-30-25(33)27(2)16-21-20-15-19(35-3)9-10-22(20)29-23(21)24(31(27)26(30)34)17-7-5-8-18(32)14-17/h4-5,7-10,14-15,24,28-29,32H,1,6,11-13,16H2,2-3H3/t24-,27+/m1/s1. The van der Waals surface area contributed by atoms with E-state index in [1.165, 1.54) is 4.90 Å². The monoisotopic (exact) mass is 474 g/mol. The van der Waals surface area contributed by atoms with Gasteiger partial charge in [0, 0.05) is 36.1 Å². The average Bonchev–Trinajstić information content (AvgIpc) is 3.29. The second-order valence-corrected chi connectivity index (χ2v) is 9.33. The highest BCUT2D eigenvalue weighted by Crippen LogP contribution is 2.49. The van der Waals surface area contributed by atoms with Crippen molar-refractivity contribution >= 4 is 22.8 Å². The van der Waals surface area contributed by atoms with Gasteiger partial charge in [-0.15, -0.1) is 6.58 Å². The summed E-state index contributed by atoms with van der Waals surface area (Å²) in [4.78, 5) is 34.1. The molecular weight excluding hydrogens is 444 g/mol. The van der Waals surface area contributed by atoms with Crippen LogP contribution in [0.3, 0.4) is 0 Å². The molecular formula is C27H30N4O4. The van der Waals surface area contributed by atoms with Crippen molar-refractivity contribution in [3.05, 3.63) is 71.9 Å². The number of H-pyrrole nitrogens is 1. The second kappa shape index (κ2) is 8.78. The van der Waals surface area contributed by atoms with Crippen LogP contribution in [-0.2, 0) is 11.2 Å². The molecule has 0 unspecified atom stereocenters. The first-order valence-electron chi connectivity index (χ1n) is 11.8. The van der Waals surface area contributed by atoms with Crippen LogP contribution in [0.2, 0.25) is 0 Å². The number of methoxy groups -OCH3 is 1. The predicted octanol–water partition coefficient (Wildman–Crippen LogP) is 3.72. The number of carbonyl (C=O) groups excluding carboxylic acids is 2. The lowest BCUT2D eigenvalue weighted by Crippen LogP contribution is -2.53. The van der Waals surface area contributed by atoms with Gasteiger partial charge in [-0.05, 0) is 61.3 Å². The second-order valence-electron chi connectivity index (χ2n) is 9.33. The third kappa shape index (κ3) is 3.65. The van der Waals surface area contributed by atoms with Crippen molar-refractivity contribution in [2.45, 2.75) is 31.3 Å². The molecule has 0 saturated carbocycles. The Bertz CT molecular complexity index is 1320. The van der Waals surface area contributed by atoms with Crippen molar-refractivity contribution in [2.24, 2.45) is 0 Å². The Hall–Kier alpha value is -3.78. The Morgan fingerprint density at radius 3 is 2.86 bits per heavy atom. The van der Waals surface area contributed by atoms with Crippen LogP contribution in [0.1, 0.15) is 36.2 Å². The summed E-state index contributed by atoms with van der Waals surface area (Å²) < 4.78 is 5.45. The fourth-order valence-electron chi connectivity index (χ4n) is 5.42. The van der Waals surface area contributed by atoms with E-state index in [0.29, 0.717) is 32.5 Å². The van der Waals surface area contributed by atoms with Crippen LogP contribution >= 0.6 is 0 Å². The number of hydrogen-bond donors (Lipinski definition) is 3. The third-order valence-corrected chi connectivity index (χ3v) is 7.08. The number of amides is 3. The predicted molar refractivity (Wildman–Crippen MR) is 134 cm³/mol. The smallest absolute Gasteiger partial charge is 0.328 e. The number of fused-ring (bicyclic) bond motifs is 4. The normalized spacial score (nSPS) is 21.4. The Labute approximate surface area is 204 Å². The number of nitrogens with one attached hydrogen (secondary N) is 2. The van der Waals surface area contributed by atoms with Crippen LogP contribution in [-0.4, -0.2) is 64.1 Å². The van der Waals surface area contributed by atoms with Crippen molar-refractivity contribution in [3.63, 3.8) is 0 Å². The number of phenolic OH excluding ortho intramolecular Hbond substituents is 1. The Morgan fingerprint density at radius 1 is 1.29 bits per heavy atom. The average molecular weight is 475 g/mol. The number of imide groups is 1. The molecule has 182 valence electrons. The van der Waals surface area contributed by atoms with E-state index in [1.807, 2.05) is 31.2 Å². The molecule has 3 N–H and O–H groups in total. The number of rotatable bonds is 8. The molecule has 1 saturated heterocycles. The summed E-state index contributed by atoms with van der Waals surface area (Å²) in [5.41, 5.74) is 2.45. The van der Waals surface area contributed by atoms with E-state index in [4.69, 9.17) is 4.74 Å². The fourth-order valence-corrected chi connectivity index (χ4v) is 5.42. The van der Waals surface area contributed by atoms with Gasteiger partial charge in [-0.2, -0.15) is 0 Å². The van der Waals surface area contributed by atoms with Gasteiger partial charge in [0.25, 0.3) is 5.91 Å². The highest BCUT2D eigenvalue weighted by molar-refractivity contribution is 6.08. The maximum Gasteiger partial charge on any atom is 0.328 e. The van der Waals surface area contributed by atoms with E-state index in [1.54, 1.807) is 36.3 Å². The molecule has 3 heterocycles. The van der Waals surface area contributed by atoms with Crippen LogP contribution in [0.4, 0.5) is 4.79 Å². The van der Waals surface area contributed by atoms with Gasteiger partial charge < -0.3 is 20.1 Å². The number of aromatic amines is 1. The zero-order valence-electron chi connectivity index (χ0n) is 20.0. The van der Waals surface area contributed by atoms with E-state index in [0.717, 1.165) is 33.5 Å². The van der Waals surface area contributed by atoms with E-state index in [2.05, 4.69) is 16.9 Å². The lowest BCUT2D eigenvalue weighted by Gasteiger charge is -2.42. The minimum absolute atomic E-state index is 0.109. The molecule has 2 atom stereocenters. The van der Waals surface area contributed by atoms with Gasteiger partial charge >= 0.3 is 6.03 Å². The quantitative estimate of drug-likeness (QED) is 0.263. The first kappa shape index (κ1) is 23.0. The number of aromatic nitrogens is 1. The molecule has 8 nitrogen and oxygen atoms in total. The Balaban J connectivity index is 1.61. The highest BCUT2D eigenvalue weighted by Gasteiger charge is 2.60. The number of ether oxygens (including phenoxy) is 1. The number of aromatic hydroxyl groups is 1. The lowest BCUT2D eigenvalue weighted by atomic mass is 9.81. The molecule has 0 radical (unpaired) electrons. The number of benzene rings is 2. The van der Waals surface area contributed by atoms with E-state index < -0.39 is 11.6 Å². The van der Waals surface area contributed by atoms with Gasteiger partial charge in [-0.1, -0.05) is 18.2 Å². The van der Waals surface area contributed by atoms with E-state index in [-0.39, 0.29) is 17.7 Å². The largest absolute Gasteiger partial charge is 0.508 e. The van der Waals surface area contributed by atoms with Crippen molar-refractivity contribution in [3.8, 4) is 11.5 Å². The summed E-state index contributed by atoms with van der Waals surface area (Å²) in [7, 11) is 1.62. The number of hydrogen-bond acceptors (Lipinski definition) is 5. The molecule has 1 aromatic heterocycles. The summed E-state index contributed by atoms with van der Waals surface area (Å²) >= 11 is 0. The number of carbonyl (C=O) groups is 2. The van der Waals surface area contributed by atoms with Crippen LogP contribution in [0.15, 0.2) is 55.1 Å². The molecule has 3 amide bonds. The SMILES string of the molecule is C=CCNCCCN1C(=O)N2[C@H](c3cccc(O)c3)c3[nH]c4ccc(OC)cc4c3C[C@@]2(C)C1=O. The molecule has 2 aromatic carbocycles. The molecule has 0 spiro atoms. The van der Waals surface area contributed by atoms with Crippen LogP contribution in [0.25, 0.3) is 10.9 Å². The minimum Gasteiger partial charge on any atom is -0.508 e. The van der Waals surface area contributed by atoms with Gasteiger partial charge in [0.15, 0.2) is 0 Å². The van der Waals surface area contributed by atoms with Crippen LogP contribution in [0.5, 0.6) is 11.5 Å². The van der Waals surface area contributed by atoms with Crippen molar-refractivity contribution in [2.75, 3.05) is 26.7 Å². The summed E-state index contributed by atoms with van der Waals surface area (Å²) in [6.07, 6.45) is 2.82. The first-order chi connectivity index (χ1) is 16.9. The fraction of sp³-hybridized carbons (Fsp3) is 0.333. The Kier molecular flexibility index (Phi) is 5.76. The molecule has 0 bridgehead atoms. The molecule has 2 aliphatic heterocycles. The molecule has 5 rings (SSSR count). The van der Waals surface area contributed by atoms with Crippen molar-refractivity contribution in [1.82, 2.24) is 20.1 Å². The minimum atomic E-state index is -1.05. The van der Waals surface area contributed by atoms with Gasteiger partial charge in [0.2, 0.25) is 0 Å². The van der Waals surface area contributed by atoms with Gasteiger partial charge in [-0.3, -0.25) is 14.6 Å². The first-order valence-corrected chi connectivity index (χ1v) is 11.8. The Morgan fingerprint density at radius 2 is 2.11 bits per heavy atom. The van der Waals surface area contributed by atoms with Crippen LogP contribution in [0, 0.1) is 0 Å². The van der Waals surface area contributed by atoms with Gasteiger partial charge in [0.1, 0.15) is 23.1 Å². The maximum atomic E-state index is 13.8.